The van der Waals surface area contributed by atoms with Gasteiger partial charge in [0.2, 0.25) is 11.8 Å². The Morgan fingerprint density at radius 3 is 2.22 bits per heavy atom. The Labute approximate surface area is 139 Å². The first-order valence-corrected chi connectivity index (χ1v) is 8.59. The van der Waals surface area contributed by atoms with Crippen molar-refractivity contribution in [3.63, 3.8) is 0 Å². The minimum atomic E-state index is 0.0364. The van der Waals surface area contributed by atoms with Crippen LogP contribution in [0.25, 0.3) is 0 Å². The molecule has 0 aliphatic heterocycles. The molecule has 1 fully saturated rings. The van der Waals surface area contributed by atoms with E-state index in [0.717, 1.165) is 37.9 Å². The lowest BCUT2D eigenvalue weighted by atomic mass is 9.81. The largest absolute Gasteiger partial charge is 0.356 e. The van der Waals surface area contributed by atoms with Crippen molar-refractivity contribution in [2.45, 2.75) is 39.5 Å². The summed E-state index contributed by atoms with van der Waals surface area (Å²) in [6.45, 7) is 4.92. The first-order valence-electron chi connectivity index (χ1n) is 8.59. The summed E-state index contributed by atoms with van der Waals surface area (Å²) >= 11 is 0. The van der Waals surface area contributed by atoms with Crippen molar-refractivity contribution in [2.24, 2.45) is 17.8 Å². The summed E-state index contributed by atoms with van der Waals surface area (Å²) in [5.74, 6) is 0.892. The number of rotatable bonds is 5. The van der Waals surface area contributed by atoms with E-state index in [0.29, 0.717) is 5.92 Å². The van der Waals surface area contributed by atoms with Gasteiger partial charge in [-0.1, -0.05) is 32.0 Å². The first-order chi connectivity index (χ1) is 11.0. The van der Waals surface area contributed by atoms with Crippen LogP contribution in [-0.2, 0) is 9.59 Å². The molecule has 0 aromatic heterocycles. The van der Waals surface area contributed by atoms with E-state index in [1.807, 2.05) is 37.4 Å². The molecule has 126 valence electrons. The standard InChI is InChI=1S/C19H28N2O2/c1-14(2)13-20-18(22)15-9-11-16(12-10-15)19(23)21(3)17-7-5-4-6-8-17/h4-8,14-16H,9-13H2,1-3H3,(H,20,22). The molecule has 1 aromatic carbocycles. The van der Waals surface area contributed by atoms with Crippen molar-refractivity contribution in [3.05, 3.63) is 30.3 Å². The monoisotopic (exact) mass is 316 g/mol. The maximum Gasteiger partial charge on any atom is 0.229 e. The minimum absolute atomic E-state index is 0.0364. The number of hydrogen-bond acceptors (Lipinski definition) is 2. The number of carbonyl (C=O) groups excluding carboxylic acids is 2. The Morgan fingerprint density at radius 2 is 1.65 bits per heavy atom. The van der Waals surface area contributed by atoms with E-state index < -0.39 is 0 Å². The molecule has 4 heteroatoms. The summed E-state index contributed by atoms with van der Waals surface area (Å²) < 4.78 is 0. The zero-order valence-electron chi connectivity index (χ0n) is 14.4. The van der Waals surface area contributed by atoms with E-state index in [9.17, 15) is 9.59 Å². The number of carbonyl (C=O) groups is 2. The third-order valence-corrected chi connectivity index (χ3v) is 4.61. The van der Waals surface area contributed by atoms with Crippen molar-refractivity contribution in [2.75, 3.05) is 18.5 Å². The highest BCUT2D eigenvalue weighted by atomic mass is 16.2. The summed E-state index contributed by atoms with van der Waals surface area (Å²) in [5.41, 5.74) is 0.925. The smallest absolute Gasteiger partial charge is 0.229 e. The fourth-order valence-electron chi connectivity index (χ4n) is 3.10. The van der Waals surface area contributed by atoms with Gasteiger partial charge in [-0.15, -0.1) is 0 Å². The number of amides is 2. The van der Waals surface area contributed by atoms with Gasteiger partial charge in [-0.2, -0.15) is 0 Å². The lowest BCUT2D eigenvalue weighted by Gasteiger charge is -2.30. The maximum atomic E-state index is 12.6. The third kappa shape index (κ3) is 4.81. The quantitative estimate of drug-likeness (QED) is 0.906. The Hall–Kier alpha value is -1.84. The molecule has 0 unspecified atom stereocenters. The molecule has 23 heavy (non-hydrogen) atoms. The van der Waals surface area contributed by atoms with Crippen LogP contribution in [0.4, 0.5) is 5.69 Å². The van der Waals surface area contributed by atoms with Crippen LogP contribution in [-0.4, -0.2) is 25.4 Å². The summed E-state index contributed by atoms with van der Waals surface area (Å²) in [6.07, 6.45) is 3.22. The second-order valence-electron chi connectivity index (χ2n) is 6.92. The predicted molar refractivity (Wildman–Crippen MR) is 93.1 cm³/mol. The van der Waals surface area contributed by atoms with E-state index >= 15 is 0 Å². The first kappa shape index (κ1) is 17.5. The van der Waals surface area contributed by atoms with Gasteiger partial charge in [0.15, 0.2) is 0 Å². The van der Waals surface area contributed by atoms with Crippen LogP contribution in [0.15, 0.2) is 30.3 Å². The molecule has 1 saturated carbocycles. The predicted octanol–water partition coefficient (Wildman–Crippen LogP) is 3.23. The van der Waals surface area contributed by atoms with Crippen LogP contribution in [0.2, 0.25) is 0 Å². The van der Waals surface area contributed by atoms with E-state index in [1.165, 1.54) is 0 Å². The van der Waals surface area contributed by atoms with E-state index in [4.69, 9.17) is 0 Å². The average Bonchev–Trinajstić information content (AvgIpc) is 2.59. The van der Waals surface area contributed by atoms with Crippen molar-refractivity contribution < 1.29 is 9.59 Å². The van der Waals surface area contributed by atoms with Gasteiger partial charge >= 0.3 is 0 Å². The molecule has 0 bridgehead atoms. The Morgan fingerprint density at radius 1 is 1.09 bits per heavy atom. The minimum Gasteiger partial charge on any atom is -0.356 e. The molecule has 0 heterocycles. The van der Waals surface area contributed by atoms with Gasteiger partial charge in [0.1, 0.15) is 0 Å². The number of benzene rings is 1. The second kappa shape index (κ2) is 8.14. The Kier molecular flexibility index (Phi) is 6.20. The lowest BCUT2D eigenvalue weighted by molar-refractivity contribution is -0.129. The van der Waals surface area contributed by atoms with E-state index in [-0.39, 0.29) is 23.7 Å². The molecule has 1 aliphatic rings. The molecule has 1 N–H and O–H groups in total. The number of hydrogen-bond donors (Lipinski definition) is 1. The van der Waals surface area contributed by atoms with Gasteiger partial charge in [-0.05, 0) is 43.7 Å². The van der Waals surface area contributed by atoms with Gasteiger partial charge in [-0.3, -0.25) is 9.59 Å². The second-order valence-corrected chi connectivity index (χ2v) is 6.92. The van der Waals surface area contributed by atoms with Crippen LogP contribution >= 0.6 is 0 Å². The summed E-state index contributed by atoms with van der Waals surface area (Å²) in [4.78, 5) is 26.5. The molecule has 2 rings (SSSR count). The molecular formula is C19H28N2O2. The van der Waals surface area contributed by atoms with Gasteiger partial charge in [-0.25, -0.2) is 0 Å². The lowest BCUT2D eigenvalue weighted by Crippen LogP contribution is -2.39. The zero-order valence-corrected chi connectivity index (χ0v) is 14.4. The van der Waals surface area contributed by atoms with Crippen molar-refractivity contribution >= 4 is 17.5 Å². The van der Waals surface area contributed by atoms with Crippen LogP contribution in [0.3, 0.4) is 0 Å². The van der Waals surface area contributed by atoms with Crippen LogP contribution in [0, 0.1) is 17.8 Å². The molecule has 2 amide bonds. The molecule has 0 radical (unpaired) electrons. The molecular weight excluding hydrogens is 288 g/mol. The van der Waals surface area contributed by atoms with E-state index in [1.54, 1.807) is 4.90 Å². The van der Waals surface area contributed by atoms with Gasteiger partial charge in [0.25, 0.3) is 0 Å². The van der Waals surface area contributed by atoms with Crippen LogP contribution in [0.5, 0.6) is 0 Å². The summed E-state index contributed by atoms with van der Waals surface area (Å²) in [6, 6.07) is 9.72. The molecule has 0 atom stereocenters. The maximum absolute atomic E-state index is 12.6. The number of nitrogens with zero attached hydrogens (tertiary/aromatic N) is 1. The topological polar surface area (TPSA) is 49.4 Å². The zero-order chi connectivity index (χ0) is 16.8. The molecule has 1 aromatic rings. The SMILES string of the molecule is CC(C)CNC(=O)C1CCC(C(=O)N(C)c2ccccc2)CC1. The fourth-order valence-corrected chi connectivity index (χ4v) is 3.10. The highest BCUT2D eigenvalue weighted by Gasteiger charge is 2.31. The molecule has 0 saturated heterocycles. The Bertz CT molecular complexity index is 519. The average molecular weight is 316 g/mol. The van der Waals surface area contributed by atoms with E-state index in [2.05, 4.69) is 19.2 Å². The normalized spacial score (nSPS) is 21.0. The summed E-state index contributed by atoms with van der Waals surface area (Å²) in [7, 11) is 1.83. The van der Waals surface area contributed by atoms with Crippen LogP contribution < -0.4 is 10.2 Å². The molecule has 1 aliphatic carbocycles. The van der Waals surface area contributed by atoms with Crippen molar-refractivity contribution in [1.29, 1.82) is 0 Å². The number of nitrogens with one attached hydrogen (secondary N) is 1. The van der Waals surface area contributed by atoms with Crippen molar-refractivity contribution in [1.82, 2.24) is 5.32 Å². The molecule has 0 spiro atoms. The fraction of sp³-hybridized carbons (Fsp3) is 0.579. The number of anilines is 1. The highest BCUT2D eigenvalue weighted by molar-refractivity contribution is 5.94. The Balaban J connectivity index is 1.84. The highest BCUT2D eigenvalue weighted by Crippen LogP contribution is 2.31. The van der Waals surface area contributed by atoms with Gasteiger partial charge < -0.3 is 10.2 Å². The molecule has 4 nitrogen and oxygen atoms in total. The van der Waals surface area contributed by atoms with Gasteiger partial charge in [0, 0.05) is 31.1 Å². The number of para-hydroxylation sites is 1. The third-order valence-electron chi connectivity index (χ3n) is 4.61. The summed E-state index contributed by atoms with van der Waals surface area (Å²) in [5, 5.41) is 3.01. The van der Waals surface area contributed by atoms with Gasteiger partial charge in [0.05, 0.1) is 0 Å². The van der Waals surface area contributed by atoms with Crippen LogP contribution in [0.1, 0.15) is 39.5 Å². The van der Waals surface area contributed by atoms with Crippen molar-refractivity contribution in [3.8, 4) is 0 Å².